The third kappa shape index (κ3) is 9.10. The first-order valence-electron chi connectivity index (χ1n) is 6.78. The molecule has 1 aliphatic heterocycles. The van der Waals surface area contributed by atoms with Crippen LogP contribution in [0.2, 0.25) is 0 Å². The highest BCUT2D eigenvalue weighted by atomic mass is 31.2. The van der Waals surface area contributed by atoms with Gasteiger partial charge in [0.25, 0.3) is 0 Å². The zero-order chi connectivity index (χ0) is 19.8. The van der Waals surface area contributed by atoms with Crippen LogP contribution >= 0.6 is 7.82 Å². The van der Waals surface area contributed by atoms with Crippen LogP contribution in [0.5, 0.6) is 0 Å². The second-order valence-corrected chi connectivity index (χ2v) is 6.13. The monoisotopic (exact) mass is 393 g/mol. The Bertz CT molecular complexity index is 438. The number of phosphoric acid groups is 1. The lowest BCUT2D eigenvalue weighted by Crippen LogP contribution is -2.52. The number of hydrogen-bond acceptors (Lipinski definition) is 11. The Morgan fingerprint density at radius 2 is 1.72 bits per heavy atom. The number of carbonyl (C=O) groups excluding carboxylic acids is 1. The summed E-state index contributed by atoms with van der Waals surface area (Å²) in [5, 5.41) is 61.7. The molecule has 13 nitrogen and oxygen atoms in total. The number of ether oxygens (including phenoxy) is 1. The van der Waals surface area contributed by atoms with Crippen molar-refractivity contribution in [2.24, 2.45) is 0 Å². The average Bonchev–Trinajstić information content (AvgIpc) is 2.56. The fraction of sp³-hybridized carbons (Fsp3) is 0.818. The summed E-state index contributed by atoms with van der Waals surface area (Å²) in [5.74, 6) is -1.06. The van der Waals surface area contributed by atoms with E-state index in [1.807, 2.05) is 0 Å². The fourth-order valence-electron chi connectivity index (χ4n) is 1.49. The highest BCUT2D eigenvalue weighted by Gasteiger charge is 2.37. The van der Waals surface area contributed by atoms with Crippen molar-refractivity contribution in [2.45, 2.75) is 36.6 Å². The molecule has 0 spiro atoms. The van der Waals surface area contributed by atoms with Crippen LogP contribution in [-0.4, -0.2) is 108 Å². The van der Waals surface area contributed by atoms with Crippen LogP contribution in [-0.2, 0) is 18.6 Å². The Hall–Kier alpha value is -0.540. The van der Waals surface area contributed by atoms with Crippen LogP contribution < -0.4 is 0 Å². The Balaban J connectivity index is 0.000000472. The Labute approximate surface area is 141 Å². The molecular formula is C11H22O13P. The van der Waals surface area contributed by atoms with Crippen molar-refractivity contribution in [1.82, 2.24) is 0 Å². The van der Waals surface area contributed by atoms with E-state index in [0.717, 1.165) is 6.61 Å². The molecular weight excluding hydrogens is 371 g/mol. The van der Waals surface area contributed by atoms with Gasteiger partial charge in [0.15, 0.2) is 5.78 Å². The first kappa shape index (κ1) is 24.5. The van der Waals surface area contributed by atoms with E-state index in [0.29, 0.717) is 0 Å². The van der Waals surface area contributed by atoms with E-state index in [-0.39, 0.29) is 6.61 Å². The molecule has 149 valence electrons. The van der Waals surface area contributed by atoms with Gasteiger partial charge in [-0.05, 0) is 0 Å². The van der Waals surface area contributed by atoms with Crippen LogP contribution in [0.1, 0.15) is 0 Å². The van der Waals surface area contributed by atoms with Gasteiger partial charge in [0, 0.05) is 0 Å². The second kappa shape index (κ2) is 11.2. The summed E-state index contributed by atoms with van der Waals surface area (Å²) in [6.45, 7) is -1.27. The molecule has 9 N–H and O–H groups in total. The summed E-state index contributed by atoms with van der Waals surface area (Å²) >= 11 is 0. The van der Waals surface area contributed by atoms with Crippen LogP contribution in [0, 0.1) is 6.61 Å². The number of phosphoric ester groups is 1. The summed E-state index contributed by atoms with van der Waals surface area (Å²) < 4.78 is 18.7. The zero-order valence-electron chi connectivity index (χ0n) is 12.8. The summed E-state index contributed by atoms with van der Waals surface area (Å²) in [4.78, 5) is 27.0. The van der Waals surface area contributed by atoms with Gasteiger partial charge in [-0.2, -0.15) is 0 Å². The van der Waals surface area contributed by atoms with Crippen LogP contribution in [0.25, 0.3) is 0 Å². The fourth-order valence-corrected chi connectivity index (χ4v) is 1.84. The van der Waals surface area contributed by atoms with Crippen molar-refractivity contribution < 1.29 is 64.2 Å². The van der Waals surface area contributed by atoms with E-state index in [9.17, 15) is 9.36 Å². The largest absolute Gasteiger partial charge is 0.469 e. The predicted molar refractivity (Wildman–Crippen MR) is 76.4 cm³/mol. The number of ketones is 1. The van der Waals surface area contributed by atoms with E-state index >= 15 is 0 Å². The van der Waals surface area contributed by atoms with Crippen molar-refractivity contribution in [1.29, 1.82) is 0 Å². The normalized spacial score (nSPS) is 29.3. The highest BCUT2D eigenvalue weighted by Crippen LogP contribution is 2.35. The smallest absolute Gasteiger partial charge is 0.394 e. The van der Waals surface area contributed by atoms with Crippen LogP contribution in [0.3, 0.4) is 0 Å². The summed E-state index contributed by atoms with van der Waals surface area (Å²) in [6.07, 6.45) is -8.25. The highest BCUT2D eigenvalue weighted by molar-refractivity contribution is 7.46. The van der Waals surface area contributed by atoms with Gasteiger partial charge < -0.3 is 50.3 Å². The lowest BCUT2D eigenvalue weighted by Gasteiger charge is -2.33. The first-order valence-corrected chi connectivity index (χ1v) is 8.31. The molecule has 0 amide bonds. The van der Waals surface area contributed by atoms with Crippen molar-refractivity contribution in [3.05, 3.63) is 6.61 Å². The molecule has 1 radical (unpaired) electrons. The average molecular weight is 393 g/mol. The topological polar surface area (TPSA) is 235 Å². The van der Waals surface area contributed by atoms with Crippen molar-refractivity contribution in [2.75, 3.05) is 19.8 Å². The lowest BCUT2D eigenvalue weighted by molar-refractivity contribution is -0.169. The molecule has 0 aromatic rings. The van der Waals surface area contributed by atoms with Gasteiger partial charge in [0.1, 0.15) is 49.8 Å². The molecule has 0 aromatic carbocycles. The quantitative estimate of drug-likeness (QED) is 0.184. The van der Waals surface area contributed by atoms with Crippen molar-refractivity contribution in [3.8, 4) is 0 Å². The van der Waals surface area contributed by atoms with E-state index in [4.69, 9.17) is 45.5 Å². The molecule has 0 saturated carbocycles. The number of Topliss-reactive ketones (excluding diaryl/α,β-unsaturated/α-hetero) is 1. The van der Waals surface area contributed by atoms with E-state index < -0.39 is 63.4 Å². The van der Waals surface area contributed by atoms with Crippen molar-refractivity contribution >= 4 is 13.6 Å². The first-order chi connectivity index (χ1) is 11.4. The van der Waals surface area contributed by atoms with Crippen LogP contribution in [0.4, 0.5) is 0 Å². The molecule has 14 heteroatoms. The van der Waals surface area contributed by atoms with Gasteiger partial charge in [0.2, 0.25) is 0 Å². The second-order valence-electron chi connectivity index (χ2n) is 4.89. The maximum absolute atomic E-state index is 10.6. The van der Waals surface area contributed by atoms with Gasteiger partial charge >= 0.3 is 7.82 Å². The minimum atomic E-state index is -4.74. The van der Waals surface area contributed by atoms with Gasteiger partial charge in [0.05, 0.1) is 13.2 Å². The van der Waals surface area contributed by atoms with E-state index in [1.165, 1.54) is 0 Å². The Morgan fingerprint density at radius 1 is 1.16 bits per heavy atom. The number of aliphatic hydroxyl groups is 7. The van der Waals surface area contributed by atoms with Gasteiger partial charge in [-0.25, -0.2) is 4.57 Å². The predicted octanol–water partition coefficient (Wildman–Crippen LogP) is -5.00. The Kier molecular flexibility index (Phi) is 11.0. The minimum Gasteiger partial charge on any atom is -0.394 e. The molecule has 6 atom stereocenters. The summed E-state index contributed by atoms with van der Waals surface area (Å²) in [7, 11) is -4.74. The molecule has 0 bridgehead atoms. The zero-order valence-corrected chi connectivity index (χ0v) is 13.7. The summed E-state index contributed by atoms with van der Waals surface area (Å²) in [6, 6.07) is 0. The van der Waals surface area contributed by atoms with Gasteiger partial charge in [-0.3, -0.25) is 9.32 Å². The van der Waals surface area contributed by atoms with Gasteiger partial charge in [-0.15, -0.1) is 0 Å². The molecule has 0 aliphatic carbocycles. The number of rotatable bonds is 7. The standard InChI is InChI=1S/C6H11O5.C5H11O8P/c7-1-4-6(10)5(9)3(8)2-11-4;6-1-3(7)5(9)4(8)2-13-14(10,11)12/h2-10H,1H2;4-6,8-9H,1-2H2,(H2,10,11,12)/t3-,4+,5+,6+;/m0./s1. The summed E-state index contributed by atoms with van der Waals surface area (Å²) in [5.41, 5.74) is 0. The van der Waals surface area contributed by atoms with Crippen molar-refractivity contribution in [3.63, 3.8) is 0 Å². The molecule has 1 saturated heterocycles. The number of hydrogen-bond donors (Lipinski definition) is 9. The van der Waals surface area contributed by atoms with E-state index in [2.05, 4.69) is 9.26 Å². The van der Waals surface area contributed by atoms with Crippen LogP contribution in [0.15, 0.2) is 0 Å². The number of carbonyl (C=O) groups is 1. The molecule has 1 aliphatic rings. The maximum Gasteiger partial charge on any atom is 0.469 e. The number of aliphatic hydroxyl groups excluding tert-OH is 7. The molecule has 0 aromatic heterocycles. The maximum atomic E-state index is 10.6. The Morgan fingerprint density at radius 3 is 2.16 bits per heavy atom. The molecule has 1 heterocycles. The molecule has 25 heavy (non-hydrogen) atoms. The lowest BCUT2D eigenvalue weighted by atomic mass is 10.0. The molecule has 1 rings (SSSR count). The van der Waals surface area contributed by atoms with E-state index in [1.54, 1.807) is 0 Å². The molecule has 1 fully saturated rings. The SMILES string of the molecule is O=C(CO)C(O)C(O)COP(=O)(O)O.OC[C@H]1O[CH][C@H](O)[C@@H](O)[C@@H]1O. The third-order valence-electron chi connectivity index (χ3n) is 2.92. The third-order valence-corrected chi connectivity index (χ3v) is 3.40. The minimum absolute atomic E-state index is 0.387. The molecule has 2 unspecified atom stereocenters. The van der Waals surface area contributed by atoms with Gasteiger partial charge in [-0.1, -0.05) is 0 Å².